The average molecular weight is 432 g/mol. The van der Waals surface area contributed by atoms with Crippen LogP contribution in [0, 0.1) is 5.41 Å². The van der Waals surface area contributed by atoms with Crippen molar-refractivity contribution in [2.24, 2.45) is 0 Å². The molecule has 0 spiro atoms. The summed E-state index contributed by atoms with van der Waals surface area (Å²) in [5.74, 6) is 0.789. The molecular weight excluding hydrogens is 411 g/mol. The maximum atomic E-state index is 12.1. The predicted molar refractivity (Wildman–Crippen MR) is 97.1 cm³/mol. The highest BCUT2D eigenvalue weighted by Gasteiger charge is 2.30. The maximum Gasteiger partial charge on any atom is 0.410 e. The molecule has 1 aliphatic rings. The number of likely N-dealkylation sites (tertiary alicyclic amines) is 1. The Balaban J connectivity index is 2.03. The molecule has 0 bridgehead atoms. The monoisotopic (exact) mass is 432 g/mol. The molecular formula is C14H21IN6O2. The van der Waals surface area contributed by atoms with Crippen LogP contribution in [0.1, 0.15) is 32.8 Å². The van der Waals surface area contributed by atoms with Gasteiger partial charge < -0.3 is 20.7 Å². The lowest BCUT2D eigenvalue weighted by Crippen LogP contribution is -2.36. The number of ether oxygens (including phenoxy) is 1. The first-order chi connectivity index (χ1) is 10.7. The second-order valence-corrected chi connectivity index (χ2v) is 7.43. The van der Waals surface area contributed by atoms with Gasteiger partial charge in [0.1, 0.15) is 27.3 Å². The summed E-state index contributed by atoms with van der Waals surface area (Å²) in [6, 6.07) is 0.0336. The minimum Gasteiger partial charge on any atom is -0.444 e. The minimum absolute atomic E-state index is 0.0336. The molecule has 2 heterocycles. The van der Waals surface area contributed by atoms with Gasteiger partial charge in [-0.1, -0.05) is 0 Å². The highest BCUT2D eigenvalue weighted by Crippen LogP contribution is 2.24. The van der Waals surface area contributed by atoms with Crippen molar-refractivity contribution in [1.82, 2.24) is 14.9 Å². The van der Waals surface area contributed by atoms with E-state index in [9.17, 15) is 4.79 Å². The van der Waals surface area contributed by atoms with Crippen molar-refractivity contribution in [3.05, 3.63) is 11.9 Å². The van der Waals surface area contributed by atoms with E-state index in [-0.39, 0.29) is 21.7 Å². The lowest BCUT2D eigenvalue weighted by atomic mass is 10.2. The Morgan fingerprint density at radius 3 is 2.83 bits per heavy atom. The fourth-order valence-electron chi connectivity index (χ4n) is 2.29. The Hall–Kier alpha value is -1.65. The molecule has 2 rings (SSSR count). The molecule has 1 fully saturated rings. The van der Waals surface area contributed by atoms with Crippen LogP contribution >= 0.6 is 22.6 Å². The van der Waals surface area contributed by atoms with Crippen molar-refractivity contribution in [3.8, 4) is 0 Å². The Morgan fingerprint density at radius 2 is 2.22 bits per heavy atom. The van der Waals surface area contributed by atoms with Gasteiger partial charge in [-0.3, -0.25) is 5.41 Å². The Kier molecular flexibility index (Phi) is 5.27. The predicted octanol–water partition coefficient (Wildman–Crippen LogP) is 2.24. The third kappa shape index (κ3) is 4.66. The number of carbonyl (C=O) groups excluding carboxylic acids is 1. The molecule has 1 amide bonds. The van der Waals surface area contributed by atoms with Crippen molar-refractivity contribution < 1.29 is 9.53 Å². The summed E-state index contributed by atoms with van der Waals surface area (Å²) in [5, 5.41) is 11.1. The van der Waals surface area contributed by atoms with Gasteiger partial charge in [-0.2, -0.15) is 0 Å². The van der Waals surface area contributed by atoms with E-state index >= 15 is 0 Å². The van der Waals surface area contributed by atoms with Gasteiger partial charge in [-0.25, -0.2) is 14.8 Å². The first-order valence-electron chi connectivity index (χ1n) is 7.26. The van der Waals surface area contributed by atoms with Crippen LogP contribution in [0.5, 0.6) is 0 Å². The normalized spacial score (nSPS) is 17.9. The minimum atomic E-state index is -0.507. The summed E-state index contributed by atoms with van der Waals surface area (Å²) in [4.78, 5) is 21.8. The largest absolute Gasteiger partial charge is 0.444 e. The number of nitrogens with two attached hydrogens (primary N) is 1. The highest BCUT2D eigenvalue weighted by molar-refractivity contribution is 14.1. The van der Waals surface area contributed by atoms with Crippen LogP contribution in [-0.2, 0) is 4.74 Å². The number of amides is 1. The molecule has 0 saturated carbocycles. The number of halogens is 1. The van der Waals surface area contributed by atoms with Gasteiger partial charge in [-0.15, -0.1) is 0 Å². The second-order valence-electron chi connectivity index (χ2n) is 6.35. The summed E-state index contributed by atoms with van der Waals surface area (Å²) in [6.45, 7) is 6.67. The fourth-order valence-corrected chi connectivity index (χ4v) is 2.82. The van der Waals surface area contributed by atoms with Gasteiger partial charge in [0.25, 0.3) is 0 Å². The summed E-state index contributed by atoms with van der Waals surface area (Å²) in [6.07, 6.45) is 1.82. The summed E-state index contributed by atoms with van der Waals surface area (Å²) >= 11 is 1.87. The van der Waals surface area contributed by atoms with E-state index < -0.39 is 5.60 Å². The van der Waals surface area contributed by atoms with Crippen molar-refractivity contribution in [2.75, 3.05) is 24.1 Å². The number of nitrogen functional groups attached to an aromatic ring is 1. The average Bonchev–Trinajstić information content (AvgIpc) is 2.85. The Labute approximate surface area is 148 Å². The number of hydrogen-bond donors (Lipinski definition) is 3. The van der Waals surface area contributed by atoms with Crippen molar-refractivity contribution in [2.45, 2.75) is 38.8 Å². The molecule has 0 radical (unpaired) electrons. The maximum absolute atomic E-state index is 12.1. The molecule has 1 saturated heterocycles. The zero-order valence-electron chi connectivity index (χ0n) is 13.4. The first-order valence-corrected chi connectivity index (χ1v) is 8.34. The van der Waals surface area contributed by atoms with Crippen LogP contribution < -0.4 is 11.1 Å². The van der Waals surface area contributed by atoms with E-state index in [0.29, 0.717) is 24.5 Å². The molecule has 1 atom stereocenters. The quantitative estimate of drug-likeness (QED) is 0.498. The summed E-state index contributed by atoms with van der Waals surface area (Å²) in [7, 11) is 0. The number of nitrogens with zero attached hydrogens (tertiary/aromatic N) is 3. The molecule has 8 nitrogen and oxygen atoms in total. The van der Waals surface area contributed by atoms with Gasteiger partial charge >= 0.3 is 6.09 Å². The number of nitrogens with one attached hydrogen (secondary N) is 2. The lowest BCUT2D eigenvalue weighted by molar-refractivity contribution is 0.0293. The van der Waals surface area contributed by atoms with Gasteiger partial charge in [0, 0.05) is 19.1 Å². The van der Waals surface area contributed by atoms with Gasteiger partial charge in [-0.05, 0) is 49.8 Å². The summed E-state index contributed by atoms with van der Waals surface area (Å²) < 4.78 is 5.65. The second kappa shape index (κ2) is 6.85. The molecule has 126 valence electrons. The van der Waals surface area contributed by atoms with Crippen LogP contribution in [0.2, 0.25) is 0 Å². The molecule has 0 aliphatic carbocycles. The number of rotatable bonds is 3. The van der Waals surface area contributed by atoms with Gasteiger partial charge in [0.15, 0.2) is 0 Å². The first kappa shape index (κ1) is 17.7. The Morgan fingerprint density at radius 1 is 1.52 bits per heavy atom. The molecule has 1 unspecified atom stereocenters. The van der Waals surface area contributed by atoms with Crippen molar-refractivity contribution in [1.29, 1.82) is 5.41 Å². The lowest BCUT2D eigenvalue weighted by Gasteiger charge is -2.24. The molecule has 1 aliphatic heterocycles. The van der Waals surface area contributed by atoms with Crippen LogP contribution in [0.3, 0.4) is 0 Å². The third-order valence-corrected chi connectivity index (χ3v) is 3.82. The SMILES string of the molecule is CC(C)(C)OC(=O)N1CCC(Nc2ncnc(N)c2C(=N)I)C1. The van der Waals surface area contributed by atoms with Crippen LogP contribution in [-0.4, -0.2) is 49.4 Å². The number of aromatic nitrogens is 2. The Bertz CT molecular complexity index is 616. The van der Waals surface area contributed by atoms with Crippen LogP contribution in [0.25, 0.3) is 0 Å². The van der Waals surface area contributed by atoms with Gasteiger partial charge in [0.2, 0.25) is 0 Å². The molecule has 0 aromatic carbocycles. The standard InChI is InChI=1S/C14H21IN6O2/c1-14(2,3)23-13(22)21-5-4-8(6-21)20-12-9(10(15)16)11(17)18-7-19-12/h7-8,16H,4-6H2,1-3H3,(H3,17,18,19,20). The topological polar surface area (TPSA) is 117 Å². The van der Waals surface area contributed by atoms with Gasteiger partial charge in [0.05, 0.1) is 5.56 Å². The zero-order chi connectivity index (χ0) is 17.2. The van der Waals surface area contributed by atoms with E-state index in [1.54, 1.807) is 4.90 Å². The number of carbonyl (C=O) groups is 1. The number of anilines is 2. The van der Waals surface area contributed by atoms with E-state index in [4.69, 9.17) is 15.9 Å². The van der Waals surface area contributed by atoms with E-state index in [2.05, 4.69) is 15.3 Å². The number of hydrogen-bond acceptors (Lipinski definition) is 7. The highest BCUT2D eigenvalue weighted by atomic mass is 127. The van der Waals surface area contributed by atoms with Crippen molar-refractivity contribution in [3.63, 3.8) is 0 Å². The smallest absolute Gasteiger partial charge is 0.410 e. The van der Waals surface area contributed by atoms with Crippen LogP contribution in [0.15, 0.2) is 6.33 Å². The van der Waals surface area contributed by atoms with Crippen LogP contribution in [0.4, 0.5) is 16.4 Å². The molecule has 9 heteroatoms. The molecule has 23 heavy (non-hydrogen) atoms. The van der Waals surface area contributed by atoms with E-state index in [1.807, 2.05) is 43.4 Å². The van der Waals surface area contributed by atoms with E-state index in [0.717, 1.165) is 6.42 Å². The third-order valence-electron chi connectivity index (χ3n) is 3.28. The fraction of sp³-hybridized carbons (Fsp3) is 0.571. The molecule has 1 aromatic heterocycles. The molecule has 1 aromatic rings. The van der Waals surface area contributed by atoms with Crippen molar-refractivity contribution >= 4 is 44.0 Å². The summed E-state index contributed by atoms with van der Waals surface area (Å²) in [5.41, 5.74) is 5.80. The zero-order valence-corrected chi connectivity index (χ0v) is 15.5. The van der Waals surface area contributed by atoms with E-state index in [1.165, 1.54) is 6.33 Å². The molecule has 4 N–H and O–H groups in total.